The van der Waals surface area contributed by atoms with Gasteiger partial charge in [0, 0.05) is 29.6 Å². The van der Waals surface area contributed by atoms with Crippen LogP contribution >= 0.6 is 11.6 Å². The van der Waals surface area contributed by atoms with Gasteiger partial charge < -0.3 is 15.0 Å². The van der Waals surface area contributed by atoms with Gasteiger partial charge in [0.2, 0.25) is 0 Å². The summed E-state index contributed by atoms with van der Waals surface area (Å²) >= 11 is 6.31. The molecule has 2 aromatic rings. The number of hydrogen-bond acceptors (Lipinski definition) is 4. The zero-order valence-electron chi connectivity index (χ0n) is 16.9. The summed E-state index contributed by atoms with van der Waals surface area (Å²) in [6, 6.07) is 14.8. The van der Waals surface area contributed by atoms with Crippen molar-refractivity contribution in [1.29, 1.82) is 0 Å². The van der Waals surface area contributed by atoms with E-state index in [0.717, 1.165) is 16.7 Å². The van der Waals surface area contributed by atoms with Crippen LogP contribution in [-0.4, -0.2) is 42.4 Å². The number of esters is 1. The number of carbonyl (C=O) groups is 3. The van der Waals surface area contributed by atoms with E-state index in [1.54, 1.807) is 0 Å². The maximum Gasteiger partial charge on any atom is 0.314 e. The van der Waals surface area contributed by atoms with Gasteiger partial charge in [0.25, 0.3) is 0 Å². The number of halogens is 1. The minimum atomic E-state index is -0.668. The Morgan fingerprint density at radius 3 is 2.57 bits per heavy atom. The summed E-state index contributed by atoms with van der Waals surface area (Å²) in [6.45, 7) is 2.42. The molecule has 3 atom stereocenters. The molecule has 0 bridgehead atoms. The Bertz CT molecular complexity index is 1020. The first-order valence-electron chi connectivity index (χ1n) is 9.85. The topological polar surface area (TPSA) is 75.7 Å². The lowest BCUT2D eigenvalue weighted by Gasteiger charge is -2.33. The van der Waals surface area contributed by atoms with Crippen molar-refractivity contribution in [1.82, 2.24) is 10.2 Å². The molecule has 156 valence electrons. The number of nitrogens with zero attached hydrogens (tertiary/aromatic N) is 1. The number of benzene rings is 2. The minimum Gasteiger partial charge on any atom is -0.468 e. The van der Waals surface area contributed by atoms with Crippen molar-refractivity contribution in [3.8, 4) is 0 Å². The largest absolute Gasteiger partial charge is 0.468 e. The molecular weight excluding hydrogens is 404 g/mol. The van der Waals surface area contributed by atoms with Crippen molar-refractivity contribution in [3.05, 3.63) is 70.2 Å². The summed E-state index contributed by atoms with van der Waals surface area (Å²) in [5, 5.41) is 3.49. The molecule has 0 spiro atoms. The van der Waals surface area contributed by atoms with Crippen molar-refractivity contribution in [2.24, 2.45) is 0 Å². The summed E-state index contributed by atoms with van der Waals surface area (Å²) in [5.74, 6) is -2.34. The van der Waals surface area contributed by atoms with Crippen molar-refractivity contribution >= 4 is 29.4 Å². The molecule has 2 amide bonds. The number of methoxy groups -OCH3 is 1. The van der Waals surface area contributed by atoms with E-state index in [4.69, 9.17) is 16.3 Å². The van der Waals surface area contributed by atoms with Crippen LogP contribution in [0.4, 0.5) is 0 Å². The second kappa shape index (κ2) is 7.76. The Kier molecular flexibility index (Phi) is 5.28. The molecule has 0 aromatic heterocycles. The number of nitrogens with one attached hydrogen (secondary N) is 1. The molecule has 2 aromatic carbocycles. The molecule has 7 heteroatoms. The van der Waals surface area contributed by atoms with Crippen LogP contribution in [-0.2, 0) is 31.1 Å². The first-order chi connectivity index (χ1) is 14.3. The molecule has 4 rings (SSSR count). The van der Waals surface area contributed by atoms with Gasteiger partial charge in [0.05, 0.1) is 13.0 Å². The van der Waals surface area contributed by atoms with E-state index in [2.05, 4.69) is 5.32 Å². The fourth-order valence-electron chi connectivity index (χ4n) is 4.27. The summed E-state index contributed by atoms with van der Waals surface area (Å²) in [6.07, 6.45) is 0.712. The number of rotatable bonds is 3. The van der Waals surface area contributed by atoms with Gasteiger partial charge in [-0.25, -0.2) is 0 Å². The Morgan fingerprint density at radius 1 is 1.13 bits per heavy atom. The van der Waals surface area contributed by atoms with E-state index >= 15 is 0 Å². The highest BCUT2D eigenvalue weighted by atomic mass is 35.5. The second-order valence-electron chi connectivity index (χ2n) is 8.09. The summed E-state index contributed by atoms with van der Waals surface area (Å²) < 4.78 is 4.91. The van der Waals surface area contributed by atoms with E-state index in [-0.39, 0.29) is 24.5 Å². The molecular formula is C23H23ClN2O4. The second-order valence-corrected chi connectivity index (χ2v) is 8.49. The monoisotopic (exact) mass is 426 g/mol. The molecule has 1 aliphatic carbocycles. The molecule has 1 fully saturated rings. The fraction of sp³-hybridized carbons (Fsp3) is 0.348. The third-order valence-electron chi connectivity index (χ3n) is 6.19. The molecule has 1 saturated carbocycles. The Balaban J connectivity index is 1.47. The number of amides is 2. The highest BCUT2D eigenvalue weighted by molar-refractivity contribution is 6.35. The highest BCUT2D eigenvalue weighted by Crippen LogP contribution is 2.50. The van der Waals surface area contributed by atoms with Gasteiger partial charge >= 0.3 is 17.8 Å². The quantitative estimate of drug-likeness (QED) is 0.605. The predicted octanol–water partition coefficient (Wildman–Crippen LogP) is 2.79. The fourth-order valence-corrected chi connectivity index (χ4v) is 4.62. The van der Waals surface area contributed by atoms with Crippen molar-refractivity contribution < 1.29 is 19.1 Å². The lowest BCUT2D eigenvalue weighted by molar-refractivity contribution is -0.149. The smallest absolute Gasteiger partial charge is 0.314 e. The summed E-state index contributed by atoms with van der Waals surface area (Å²) in [7, 11) is 1.32. The maximum absolute atomic E-state index is 12.9. The summed E-state index contributed by atoms with van der Waals surface area (Å²) in [5.41, 5.74) is 2.34. The van der Waals surface area contributed by atoms with Crippen LogP contribution in [0.3, 0.4) is 0 Å². The van der Waals surface area contributed by atoms with Gasteiger partial charge in [-0.1, -0.05) is 61.0 Å². The van der Waals surface area contributed by atoms with E-state index in [9.17, 15) is 14.4 Å². The summed E-state index contributed by atoms with van der Waals surface area (Å²) in [4.78, 5) is 39.2. The molecule has 1 heterocycles. The molecule has 1 aliphatic heterocycles. The average Bonchev–Trinajstić information content (AvgIpc) is 3.41. The Labute approximate surface area is 180 Å². The molecule has 0 radical (unpaired) electrons. The van der Waals surface area contributed by atoms with Crippen LogP contribution in [0.5, 0.6) is 0 Å². The highest BCUT2D eigenvalue weighted by Gasteiger charge is 2.53. The van der Waals surface area contributed by atoms with Crippen molar-refractivity contribution in [3.63, 3.8) is 0 Å². The first kappa shape index (κ1) is 20.4. The van der Waals surface area contributed by atoms with Gasteiger partial charge in [0.1, 0.15) is 0 Å². The van der Waals surface area contributed by atoms with E-state index < -0.39 is 23.7 Å². The zero-order valence-corrected chi connectivity index (χ0v) is 17.6. The molecule has 6 nitrogen and oxygen atoms in total. The standard InChI is InChI=1S/C23H23ClN2O4/c1-23(17-9-5-6-10-18(17)24)11-19(23)25-20(27)21(28)26-12-14-7-3-4-8-15(14)16(13-26)22(29)30-2/h3-10,16,19H,11-13H2,1-2H3,(H,25,27). The molecule has 1 N–H and O–H groups in total. The molecule has 2 aliphatic rings. The third-order valence-corrected chi connectivity index (χ3v) is 6.52. The molecule has 3 unspecified atom stereocenters. The molecule has 0 saturated heterocycles. The van der Waals surface area contributed by atoms with Crippen LogP contribution in [0.15, 0.2) is 48.5 Å². The van der Waals surface area contributed by atoms with Gasteiger partial charge in [0.15, 0.2) is 0 Å². The van der Waals surface area contributed by atoms with Gasteiger partial charge in [-0.3, -0.25) is 14.4 Å². The molecule has 30 heavy (non-hydrogen) atoms. The van der Waals surface area contributed by atoms with E-state index in [1.165, 1.54) is 12.0 Å². The number of ether oxygens (including phenoxy) is 1. The number of carbonyl (C=O) groups excluding carboxylic acids is 3. The van der Waals surface area contributed by atoms with E-state index in [1.807, 2.05) is 55.5 Å². The Hall–Kier alpha value is -2.86. The van der Waals surface area contributed by atoms with Crippen LogP contribution < -0.4 is 5.32 Å². The van der Waals surface area contributed by atoms with E-state index in [0.29, 0.717) is 11.4 Å². The lowest BCUT2D eigenvalue weighted by atomic mass is 9.89. The number of fused-ring (bicyclic) bond motifs is 1. The first-order valence-corrected chi connectivity index (χ1v) is 10.2. The van der Waals surface area contributed by atoms with Gasteiger partial charge in [-0.2, -0.15) is 0 Å². The van der Waals surface area contributed by atoms with Gasteiger partial charge in [-0.15, -0.1) is 0 Å². The van der Waals surface area contributed by atoms with Crippen molar-refractivity contribution in [2.75, 3.05) is 13.7 Å². The van der Waals surface area contributed by atoms with Crippen LogP contribution in [0.2, 0.25) is 5.02 Å². The van der Waals surface area contributed by atoms with Crippen LogP contribution in [0.25, 0.3) is 0 Å². The third kappa shape index (κ3) is 3.56. The van der Waals surface area contributed by atoms with Gasteiger partial charge in [-0.05, 0) is 29.2 Å². The zero-order chi connectivity index (χ0) is 21.5. The van der Waals surface area contributed by atoms with Crippen molar-refractivity contribution in [2.45, 2.75) is 37.3 Å². The SMILES string of the molecule is COC(=O)C1CN(C(=O)C(=O)NC2CC2(C)c2ccccc2Cl)Cc2ccccc21. The average molecular weight is 427 g/mol. The normalized spacial score (nSPS) is 24.6. The lowest BCUT2D eigenvalue weighted by Crippen LogP contribution is -2.48. The van der Waals surface area contributed by atoms with Crippen LogP contribution in [0, 0.1) is 0 Å². The predicted molar refractivity (Wildman–Crippen MR) is 112 cm³/mol. The Morgan fingerprint density at radius 2 is 1.83 bits per heavy atom. The maximum atomic E-state index is 12.9. The number of hydrogen-bond donors (Lipinski definition) is 1. The van der Waals surface area contributed by atoms with Crippen LogP contribution in [0.1, 0.15) is 36.0 Å². The minimum absolute atomic E-state index is 0.113.